The van der Waals surface area contributed by atoms with Crippen LogP contribution in [0.3, 0.4) is 0 Å². The van der Waals surface area contributed by atoms with E-state index in [1.807, 2.05) is 49.3 Å². The molecule has 1 heterocycles. The van der Waals surface area contributed by atoms with Crippen molar-refractivity contribution in [2.24, 2.45) is 0 Å². The van der Waals surface area contributed by atoms with Gasteiger partial charge in [-0.15, -0.1) is 0 Å². The Morgan fingerprint density at radius 1 is 1.17 bits per heavy atom. The summed E-state index contributed by atoms with van der Waals surface area (Å²) in [5.74, 6) is -0.00392. The van der Waals surface area contributed by atoms with E-state index >= 15 is 0 Å². The van der Waals surface area contributed by atoms with Crippen LogP contribution in [0.5, 0.6) is 0 Å². The fourth-order valence-corrected chi connectivity index (χ4v) is 2.67. The molecule has 0 saturated heterocycles. The van der Waals surface area contributed by atoms with Crippen LogP contribution in [0.25, 0.3) is 11.3 Å². The highest BCUT2D eigenvalue weighted by molar-refractivity contribution is 6.30. The van der Waals surface area contributed by atoms with E-state index < -0.39 is 0 Å². The molecule has 0 spiro atoms. The molecule has 5 nitrogen and oxygen atoms in total. The van der Waals surface area contributed by atoms with Crippen molar-refractivity contribution in [3.8, 4) is 11.3 Å². The molecule has 24 heavy (non-hydrogen) atoms. The van der Waals surface area contributed by atoms with E-state index in [-0.39, 0.29) is 5.91 Å². The van der Waals surface area contributed by atoms with Crippen LogP contribution in [-0.2, 0) is 6.54 Å². The molecule has 0 unspecified atom stereocenters. The van der Waals surface area contributed by atoms with Crippen LogP contribution < -0.4 is 0 Å². The Kier molecular flexibility index (Phi) is 6.54. The lowest BCUT2D eigenvalue weighted by atomic mass is 10.1. The minimum atomic E-state index is -0.00392. The van der Waals surface area contributed by atoms with Gasteiger partial charge in [-0.3, -0.25) is 9.69 Å². The lowest BCUT2D eigenvalue weighted by Gasteiger charge is -2.18. The number of carbonyl (C=O) groups is 1. The molecule has 130 valence electrons. The van der Waals surface area contributed by atoms with Gasteiger partial charge in [-0.1, -0.05) is 37.6 Å². The molecule has 0 bridgehead atoms. The number of likely N-dealkylation sites (N-methyl/N-ethyl adjacent to an activating group) is 1. The summed E-state index contributed by atoms with van der Waals surface area (Å²) in [6.45, 7) is 6.83. The number of hydrogen-bond donors (Lipinski definition) is 0. The van der Waals surface area contributed by atoms with Crippen LogP contribution in [0.1, 0.15) is 24.3 Å². The standard InChI is InChI=1S/C18H25ClN4O/c1-5-22(6-2)13-18(24)23-16(12-21(3)4)11-17(20-23)14-7-9-15(19)10-8-14/h7-11H,5-6,12-13H2,1-4H3. The molecular formula is C18H25ClN4O. The summed E-state index contributed by atoms with van der Waals surface area (Å²) in [4.78, 5) is 16.8. The van der Waals surface area contributed by atoms with Crippen molar-refractivity contribution in [2.45, 2.75) is 20.4 Å². The topological polar surface area (TPSA) is 41.4 Å². The second-order valence-electron chi connectivity index (χ2n) is 6.03. The van der Waals surface area contributed by atoms with E-state index in [4.69, 9.17) is 11.6 Å². The highest BCUT2D eigenvalue weighted by Crippen LogP contribution is 2.22. The largest absolute Gasteiger partial charge is 0.304 e. The maximum atomic E-state index is 12.7. The molecule has 0 amide bonds. The Morgan fingerprint density at radius 2 is 1.79 bits per heavy atom. The second-order valence-corrected chi connectivity index (χ2v) is 6.47. The normalized spacial score (nSPS) is 11.5. The third-order valence-corrected chi connectivity index (χ3v) is 4.14. The predicted molar refractivity (Wildman–Crippen MR) is 98.5 cm³/mol. The zero-order valence-electron chi connectivity index (χ0n) is 14.8. The van der Waals surface area contributed by atoms with Crippen molar-refractivity contribution < 1.29 is 4.79 Å². The lowest BCUT2D eigenvalue weighted by Crippen LogP contribution is -2.34. The molecule has 1 aromatic carbocycles. The summed E-state index contributed by atoms with van der Waals surface area (Å²) in [7, 11) is 3.96. The molecular weight excluding hydrogens is 324 g/mol. The molecule has 2 aromatic rings. The number of rotatable bonds is 7. The number of carbonyl (C=O) groups excluding carboxylic acids is 1. The Labute approximate surface area is 148 Å². The van der Waals surface area contributed by atoms with E-state index in [9.17, 15) is 4.79 Å². The molecule has 2 rings (SSSR count). The van der Waals surface area contributed by atoms with Crippen LogP contribution in [0.4, 0.5) is 0 Å². The number of aromatic nitrogens is 2. The van der Waals surface area contributed by atoms with Gasteiger partial charge in [0.1, 0.15) is 0 Å². The number of benzene rings is 1. The van der Waals surface area contributed by atoms with Gasteiger partial charge in [0, 0.05) is 17.1 Å². The van der Waals surface area contributed by atoms with Gasteiger partial charge < -0.3 is 4.90 Å². The van der Waals surface area contributed by atoms with Crippen molar-refractivity contribution in [2.75, 3.05) is 33.7 Å². The van der Waals surface area contributed by atoms with Crippen LogP contribution in [0.15, 0.2) is 30.3 Å². The molecule has 6 heteroatoms. The first-order valence-electron chi connectivity index (χ1n) is 8.19. The number of halogens is 1. The Morgan fingerprint density at radius 3 is 2.33 bits per heavy atom. The Bertz CT molecular complexity index is 675. The Balaban J connectivity index is 2.34. The zero-order chi connectivity index (χ0) is 17.7. The fourth-order valence-electron chi connectivity index (χ4n) is 2.54. The van der Waals surface area contributed by atoms with Crippen molar-refractivity contribution in [1.82, 2.24) is 19.6 Å². The van der Waals surface area contributed by atoms with E-state index in [1.165, 1.54) is 0 Å². The first-order valence-corrected chi connectivity index (χ1v) is 8.57. The van der Waals surface area contributed by atoms with E-state index in [0.29, 0.717) is 18.1 Å². The van der Waals surface area contributed by atoms with Gasteiger partial charge in [0.2, 0.25) is 0 Å². The van der Waals surface area contributed by atoms with Gasteiger partial charge >= 0.3 is 0 Å². The van der Waals surface area contributed by atoms with Crippen LogP contribution in [0.2, 0.25) is 5.02 Å². The highest BCUT2D eigenvalue weighted by Gasteiger charge is 2.17. The molecule has 0 aliphatic heterocycles. The quantitative estimate of drug-likeness (QED) is 0.770. The summed E-state index contributed by atoms with van der Waals surface area (Å²) in [6.07, 6.45) is 0. The molecule has 0 saturated carbocycles. The smallest absolute Gasteiger partial charge is 0.261 e. The van der Waals surface area contributed by atoms with Crippen molar-refractivity contribution >= 4 is 17.5 Å². The molecule has 0 aliphatic carbocycles. The van der Waals surface area contributed by atoms with Crippen molar-refractivity contribution in [1.29, 1.82) is 0 Å². The molecule has 0 aliphatic rings. The van der Waals surface area contributed by atoms with Gasteiger partial charge in [-0.25, -0.2) is 4.68 Å². The molecule has 0 atom stereocenters. The van der Waals surface area contributed by atoms with E-state index in [2.05, 4.69) is 23.8 Å². The maximum Gasteiger partial charge on any atom is 0.261 e. The lowest BCUT2D eigenvalue weighted by molar-refractivity contribution is 0.0832. The molecule has 0 fully saturated rings. The van der Waals surface area contributed by atoms with Crippen LogP contribution in [0, 0.1) is 0 Å². The fraction of sp³-hybridized carbons (Fsp3) is 0.444. The van der Waals surface area contributed by atoms with Gasteiger partial charge in [-0.2, -0.15) is 5.10 Å². The van der Waals surface area contributed by atoms with Crippen LogP contribution >= 0.6 is 11.6 Å². The van der Waals surface area contributed by atoms with Gasteiger partial charge in [0.15, 0.2) is 0 Å². The van der Waals surface area contributed by atoms with Crippen LogP contribution in [-0.4, -0.2) is 59.2 Å². The summed E-state index contributed by atoms with van der Waals surface area (Å²) >= 11 is 5.95. The van der Waals surface area contributed by atoms with Gasteiger partial charge in [0.25, 0.3) is 5.91 Å². The zero-order valence-corrected chi connectivity index (χ0v) is 15.5. The van der Waals surface area contributed by atoms with E-state index in [0.717, 1.165) is 30.0 Å². The average Bonchev–Trinajstić information content (AvgIpc) is 2.96. The first-order chi connectivity index (χ1) is 11.4. The average molecular weight is 349 g/mol. The minimum Gasteiger partial charge on any atom is -0.304 e. The van der Waals surface area contributed by atoms with E-state index in [1.54, 1.807) is 4.68 Å². The third-order valence-electron chi connectivity index (χ3n) is 3.89. The minimum absolute atomic E-state index is 0.00392. The van der Waals surface area contributed by atoms with Gasteiger partial charge in [-0.05, 0) is 45.4 Å². The highest BCUT2D eigenvalue weighted by atomic mass is 35.5. The number of hydrogen-bond acceptors (Lipinski definition) is 4. The predicted octanol–water partition coefficient (Wildman–Crippen LogP) is 3.25. The van der Waals surface area contributed by atoms with Crippen molar-refractivity contribution in [3.63, 3.8) is 0 Å². The monoisotopic (exact) mass is 348 g/mol. The second kappa shape index (κ2) is 8.42. The number of nitrogens with zero attached hydrogens (tertiary/aromatic N) is 4. The molecule has 0 radical (unpaired) electrons. The third kappa shape index (κ3) is 4.66. The molecule has 1 aromatic heterocycles. The SMILES string of the molecule is CCN(CC)CC(=O)n1nc(-c2ccc(Cl)cc2)cc1CN(C)C. The van der Waals surface area contributed by atoms with Gasteiger partial charge in [0.05, 0.1) is 17.9 Å². The maximum absolute atomic E-state index is 12.7. The Hall–Kier alpha value is -1.69. The summed E-state index contributed by atoms with van der Waals surface area (Å²) in [5.41, 5.74) is 2.63. The summed E-state index contributed by atoms with van der Waals surface area (Å²) < 4.78 is 1.54. The summed E-state index contributed by atoms with van der Waals surface area (Å²) in [6, 6.07) is 9.48. The van der Waals surface area contributed by atoms with Crippen molar-refractivity contribution in [3.05, 3.63) is 41.0 Å². The first kappa shape index (κ1) is 18.6. The summed E-state index contributed by atoms with van der Waals surface area (Å²) in [5, 5.41) is 5.24. The molecule has 0 N–H and O–H groups in total.